The lowest BCUT2D eigenvalue weighted by atomic mass is 9.95. The topological polar surface area (TPSA) is 72.6 Å². The summed E-state index contributed by atoms with van der Waals surface area (Å²) in [6.45, 7) is 1.54. The predicted octanol–water partition coefficient (Wildman–Crippen LogP) is 4.40. The number of nitrogens with zero attached hydrogens (tertiary/aromatic N) is 5. The minimum atomic E-state index is 0.0433. The maximum atomic E-state index is 13.2. The Hall–Kier alpha value is -3.74. The van der Waals surface area contributed by atoms with Crippen molar-refractivity contribution in [3.63, 3.8) is 0 Å². The molecule has 1 saturated heterocycles. The van der Waals surface area contributed by atoms with Gasteiger partial charge < -0.3 is 14.0 Å². The molecule has 0 N–H and O–H groups in total. The second kappa shape index (κ2) is 9.18. The summed E-state index contributed by atoms with van der Waals surface area (Å²) in [7, 11) is 0. The number of imidazole rings is 1. The second-order valence-corrected chi connectivity index (χ2v) is 8.13. The molecule has 32 heavy (non-hydrogen) atoms. The van der Waals surface area contributed by atoms with E-state index >= 15 is 0 Å². The molecule has 1 aliphatic rings. The molecule has 0 aliphatic carbocycles. The molecule has 7 nitrogen and oxygen atoms in total. The van der Waals surface area contributed by atoms with Gasteiger partial charge in [-0.05, 0) is 68.0 Å². The normalized spacial score (nSPS) is 16.6. The number of carbonyl (C=O) groups excluding carboxylic acids is 1. The monoisotopic (exact) mass is 427 g/mol. The maximum absolute atomic E-state index is 13.2. The highest BCUT2D eigenvalue weighted by atomic mass is 16.5. The highest BCUT2D eigenvalue weighted by molar-refractivity contribution is 5.94. The van der Waals surface area contributed by atoms with Crippen molar-refractivity contribution in [2.75, 3.05) is 13.1 Å². The fourth-order valence-electron chi connectivity index (χ4n) is 4.36. The lowest BCUT2D eigenvalue weighted by Gasteiger charge is -2.21. The van der Waals surface area contributed by atoms with Crippen molar-refractivity contribution in [1.82, 2.24) is 24.3 Å². The minimum absolute atomic E-state index is 0.0433. The predicted molar refractivity (Wildman–Crippen MR) is 121 cm³/mol. The first kappa shape index (κ1) is 20.2. The van der Waals surface area contributed by atoms with Crippen LogP contribution in [0.25, 0.3) is 5.65 Å². The Kier molecular flexibility index (Phi) is 5.79. The Morgan fingerprint density at radius 2 is 1.84 bits per heavy atom. The van der Waals surface area contributed by atoms with Crippen LogP contribution in [-0.2, 0) is 6.42 Å². The smallest absolute Gasteiger partial charge is 0.321 e. The molecule has 1 atom stereocenters. The zero-order valence-corrected chi connectivity index (χ0v) is 17.8. The van der Waals surface area contributed by atoms with E-state index in [0.717, 1.165) is 44.4 Å². The Labute approximate surface area is 186 Å². The Bertz CT molecular complexity index is 1210. The van der Waals surface area contributed by atoms with Gasteiger partial charge in [-0.15, -0.1) is 0 Å². The third kappa shape index (κ3) is 4.46. The van der Waals surface area contributed by atoms with E-state index in [1.165, 1.54) is 5.69 Å². The summed E-state index contributed by atoms with van der Waals surface area (Å²) in [6, 6.07) is 15.5. The lowest BCUT2D eigenvalue weighted by molar-refractivity contribution is 0.0759. The molecule has 1 aromatic carbocycles. The number of amides is 1. The van der Waals surface area contributed by atoms with Gasteiger partial charge >= 0.3 is 6.01 Å². The van der Waals surface area contributed by atoms with E-state index in [4.69, 9.17) is 4.74 Å². The molecule has 0 spiro atoms. The van der Waals surface area contributed by atoms with E-state index < -0.39 is 0 Å². The van der Waals surface area contributed by atoms with Gasteiger partial charge in [0, 0.05) is 49.1 Å². The number of hydrogen-bond acceptors (Lipinski definition) is 5. The molecule has 4 aromatic rings. The number of ether oxygens (including phenoxy) is 1. The molecule has 4 heterocycles. The summed E-state index contributed by atoms with van der Waals surface area (Å²) >= 11 is 0. The van der Waals surface area contributed by atoms with Crippen LogP contribution in [0.3, 0.4) is 0 Å². The van der Waals surface area contributed by atoms with E-state index in [1.807, 2.05) is 41.6 Å². The average Bonchev–Trinajstić information content (AvgIpc) is 3.20. The van der Waals surface area contributed by atoms with E-state index in [0.29, 0.717) is 17.2 Å². The molecule has 0 saturated carbocycles. The first-order valence-electron chi connectivity index (χ1n) is 11.0. The van der Waals surface area contributed by atoms with Crippen LogP contribution in [0.15, 0.2) is 73.3 Å². The Balaban J connectivity index is 1.24. The Morgan fingerprint density at radius 1 is 0.969 bits per heavy atom. The molecular weight excluding hydrogens is 402 g/mol. The SMILES string of the molecule is O=C(c1cccc(Oc2ncccn2)c1)N1CCC[C@H](Cc2cccc3nccn23)CC1. The largest absolute Gasteiger partial charge is 0.424 e. The first-order chi connectivity index (χ1) is 15.8. The van der Waals surface area contributed by atoms with Crippen LogP contribution in [0.4, 0.5) is 0 Å². The highest BCUT2D eigenvalue weighted by Crippen LogP contribution is 2.25. The third-order valence-electron chi connectivity index (χ3n) is 5.98. The van der Waals surface area contributed by atoms with Gasteiger partial charge in [-0.1, -0.05) is 12.1 Å². The summed E-state index contributed by atoms with van der Waals surface area (Å²) in [5, 5.41) is 0. The van der Waals surface area contributed by atoms with Gasteiger partial charge in [0.05, 0.1) is 0 Å². The van der Waals surface area contributed by atoms with Gasteiger partial charge in [0.1, 0.15) is 11.4 Å². The summed E-state index contributed by atoms with van der Waals surface area (Å²) in [4.78, 5) is 27.7. The van der Waals surface area contributed by atoms with Crippen molar-refractivity contribution in [3.8, 4) is 11.8 Å². The molecule has 1 aliphatic heterocycles. The number of pyridine rings is 1. The molecule has 0 radical (unpaired) electrons. The number of likely N-dealkylation sites (tertiary alicyclic amines) is 1. The van der Waals surface area contributed by atoms with Crippen molar-refractivity contribution < 1.29 is 9.53 Å². The number of hydrogen-bond donors (Lipinski definition) is 0. The third-order valence-corrected chi connectivity index (χ3v) is 5.98. The van der Waals surface area contributed by atoms with Crippen molar-refractivity contribution in [2.24, 2.45) is 5.92 Å². The molecular formula is C25H25N5O2. The number of carbonyl (C=O) groups is 1. The highest BCUT2D eigenvalue weighted by Gasteiger charge is 2.22. The summed E-state index contributed by atoms with van der Waals surface area (Å²) in [5.74, 6) is 1.15. The van der Waals surface area contributed by atoms with Crippen LogP contribution in [0, 0.1) is 5.92 Å². The van der Waals surface area contributed by atoms with Gasteiger partial charge in [0.25, 0.3) is 5.91 Å². The van der Waals surface area contributed by atoms with Gasteiger partial charge in [-0.25, -0.2) is 15.0 Å². The molecule has 0 bridgehead atoms. The number of aromatic nitrogens is 4. The van der Waals surface area contributed by atoms with Crippen LogP contribution < -0.4 is 4.74 Å². The van der Waals surface area contributed by atoms with E-state index in [9.17, 15) is 4.79 Å². The van der Waals surface area contributed by atoms with Gasteiger partial charge in [0.15, 0.2) is 0 Å². The van der Waals surface area contributed by atoms with Crippen molar-refractivity contribution in [1.29, 1.82) is 0 Å². The van der Waals surface area contributed by atoms with Crippen LogP contribution in [0.2, 0.25) is 0 Å². The zero-order valence-electron chi connectivity index (χ0n) is 17.8. The molecule has 1 amide bonds. The van der Waals surface area contributed by atoms with Crippen LogP contribution in [0.5, 0.6) is 11.8 Å². The fourth-order valence-corrected chi connectivity index (χ4v) is 4.36. The van der Waals surface area contributed by atoms with Gasteiger partial charge in [0.2, 0.25) is 0 Å². The van der Waals surface area contributed by atoms with Crippen molar-refractivity contribution >= 4 is 11.6 Å². The molecule has 7 heteroatoms. The van der Waals surface area contributed by atoms with Crippen molar-refractivity contribution in [3.05, 3.63) is 84.6 Å². The standard InChI is InChI=1S/C25H25N5O2/c31-24(20-6-1-8-22(18-20)32-25-27-11-4-12-28-25)29-14-3-5-19(10-15-29)17-21-7-2-9-23-26-13-16-30(21)23/h1-2,4,6-9,11-13,16,18-19H,3,5,10,14-15,17H2/t19-/m0/s1. The average molecular weight is 428 g/mol. The lowest BCUT2D eigenvalue weighted by Crippen LogP contribution is -2.32. The minimum Gasteiger partial charge on any atom is -0.424 e. The van der Waals surface area contributed by atoms with E-state index in [2.05, 4.69) is 31.5 Å². The number of benzene rings is 1. The van der Waals surface area contributed by atoms with Crippen LogP contribution in [0.1, 0.15) is 35.3 Å². The summed E-state index contributed by atoms with van der Waals surface area (Å²) in [6.07, 6.45) is 11.2. The van der Waals surface area contributed by atoms with Crippen LogP contribution >= 0.6 is 0 Å². The van der Waals surface area contributed by atoms with Crippen molar-refractivity contribution in [2.45, 2.75) is 25.7 Å². The summed E-state index contributed by atoms with van der Waals surface area (Å²) < 4.78 is 7.86. The molecule has 3 aromatic heterocycles. The molecule has 1 fully saturated rings. The zero-order chi connectivity index (χ0) is 21.8. The first-order valence-corrected chi connectivity index (χ1v) is 11.0. The quantitative estimate of drug-likeness (QED) is 0.472. The molecule has 0 unspecified atom stereocenters. The van der Waals surface area contributed by atoms with E-state index in [1.54, 1.807) is 24.5 Å². The van der Waals surface area contributed by atoms with Gasteiger partial charge in [-0.2, -0.15) is 0 Å². The molecule has 162 valence electrons. The maximum Gasteiger partial charge on any atom is 0.321 e. The Morgan fingerprint density at radius 3 is 2.75 bits per heavy atom. The van der Waals surface area contributed by atoms with E-state index in [-0.39, 0.29) is 11.9 Å². The second-order valence-electron chi connectivity index (χ2n) is 8.13. The molecule has 5 rings (SSSR count). The number of rotatable bonds is 5. The fraction of sp³-hybridized carbons (Fsp3) is 0.280. The number of fused-ring (bicyclic) bond motifs is 1. The summed E-state index contributed by atoms with van der Waals surface area (Å²) in [5.41, 5.74) is 2.88. The van der Waals surface area contributed by atoms with Crippen LogP contribution in [-0.4, -0.2) is 43.2 Å². The van der Waals surface area contributed by atoms with Gasteiger partial charge in [-0.3, -0.25) is 4.79 Å².